The molecule has 0 saturated carbocycles. The predicted molar refractivity (Wildman–Crippen MR) is 59.6 cm³/mol. The van der Waals surface area contributed by atoms with Gasteiger partial charge in [0, 0.05) is 19.9 Å². The zero-order valence-electron chi connectivity index (χ0n) is 7.67. The lowest BCUT2D eigenvalue weighted by Gasteiger charge is -2.04. The molecule has 0 fully saturated rings. The lowest BCUT2D eigenvalue weighted by atomic mass is 10.5. The summed E-state index contributed by atoms with van der Waals surface area (Å²) in [7, 11) is 1.84. The fourth-order valence-electron chi connectivity index (χ4n) is 0.842. The summed E-state index contributed by atoms with van der Waals surface area (Å²) in [4.78, 5) is 8.41. The topological polar surface area (TPSA) is 47.0 Å². The van der Waals surface area contributed by atoms with Crippen molar-refractivity contribution in [3.05, 3.63) is 15.6 Å². The van der Waals surface area contributed by atoms with E-state index in [1.807, 2.05) is 14.0 Å². The summed E-state index contributed by atoms with van der Waals surface area (Å²) in [5.41, 5.74) is 0. The van der Waals surface area contributed by atoms with E-state index in [9.17, 15) is 0 Å². The van der Waals surface area contributed by atoms with Crippen LogP contribution in [0, 0.1) is 3.57 Å². The third-order valence-corrected chi connectivity index (χ3v) is 2.26. The molecule has 0 unspecified atom stereocenters. The van der Waals surface area contributed by atoms with E-state index < -0.39 is 0 Å². The average Bonchev–Trinajstić information content (AvgIpc) is 2.16. The Hall–Kier alpha value is -0.430. The van der Waals surface area contributed by atoms with Gasteiger partial charge >= 0.3 is 0 Å². The number of hydrogen-bond donors (Lipinski definition) is 1. The van der Waals surface area contributed by atoms with E-state index in [4.69, 9.17) is 4.74 Å². The second kappa shape index (κ2) is 5.33. The van der Waals surface area contributed by atoms with Gasteiger partial charge in [0.15, 0.2) is 5.82 Å². The van der Waals surface area contributed by atoms with Crippen LogP contribution in [0.25, 0.3) is 0 Å². The van der Waals surface area contributed by atoms with E-state index in [2.05, 4.69) is 37.9 Å². The molecule has 1 rings (SSSR count). The minimum atomic E-state index is 0.474. The number of aromatic nitrogens is 2. The summed E-state index contributed by atoms with van der Waals surface area (Å²) in [6.07, 6.45) is 1.79. The number of hydrogen-bond acceptors (Lipinski definition) is 4. The van der Waals surface area contributed by atoms with Gasteiger partial charge in [0.25, 0.3) is 0 Å². The smallest absolute Gasteiger partial charge is 0.156 e. The van der Waals surface area contributed by atoms with Crippen LogP contribution in [-0.2, 0) is 11.3 Å². The highest BCUT2D eigenvalue weighted by molar-refractivity contribution is 14.1. The molecule has 4 nitrogen and oxygen atoms in total. The molecule has 1 aromatic heterocycles. The van der Waals surface area contributed by atoms with Crippen molar-refractivity contribution in [1.82, 2.24) is 9.97 Å². The van der Waals surface area contributed by atoms with Gasteiger partial charge in [-0.3, -0.25) is 0 Å². The molecule has 5 heteroatoms. The Kier molecular flexibility index (Phi) is 4.37. The zero-order valence-corrected chi connectivity index (χ0v) is 9.83. The van der Waals surface area contributed by atoms with Gasteiger partial charge < -0.3 is 10.1 Å². The quantitative estimate of drug-likeness (QED) is 0.858. The Morgan fingerprint density at radius 3 is 3.00 bits per heavy atom. The number of ether oxygens (including phenoxy) is 1. The third kappa shape index (κ3) is 3.07. The minimum Gasteiger partial charge on any atom is -0.374 e. The Bertz CT molecular complexity index is 280. The summed E-state index contributed by atoms with van der Waals surface area (Å²) in [6.45, 7) is 3.11. The van der Waals surface area contributed by atoms with Crippen molar-refractivity contribution in [3.8, 4) is 0 Å². The lowest BCUT2D eigenvalue weighted by molar-refractivity contribution is 0.128. The van der Waals surface area contributed by atoms with Crippen LogP contribution in [0.1, 0.15) is 12.7 Å². The molecule has 0 aromatic carbocycles. The van der Waals surface area contributed by atoms with Gasteiger partial charge in [-0.1, -0.05) is 0 Å². The average molecular weight is 293 g/mol. The van der Waals surface area contributed by atoms with Crippen LogP contribution in [0.3, 0.4) is 0 Å². The summed E-state index contributed by atoms with van der Waals surface area (Å²) >= 11 is 2.19. The summed E-state index contributed by atoms with van der Waals surface area (Å²) in [5.74, 6) is 1.57. The highest BCUT2D eigenvalue weighted by Gasteiger charge is 2.02. The molecular weight excluding hydrogens is 281 g/mol. The molecule has 0 aliphatic rings. The van der Waals surface area contributed by atoms with Crippen LogP contribution in [0.15, 0.2) is 6.20 Å². The Labute approximate surface area is 91.3 Å². The third-order valence-electron chi connectivity index (χ3n) is 1.47. The van der Waals surface area contributed by atoms with Crippen LogP contribution < -0.4 is 5.32 Å². The normalized spacial score (nSPS) is 10.1. The molecule has 0 aliphatic heterocycles. The second-order valence-electron chi connectivity index (χ2n) is 2.37. The van der Waals surface area contributed by atoms with Gasteiger partial charge in [0.2, 0.25) is 0 Å². The molecule has 0 amide bonds. The maximum atomic E-state index is 5.20. The van der Waals surface area contributed by atoms with Crippen molar-refractivity contribution in [3.63, 3.8) is 0 Å². The first-order valence-corrected chi connectivity index (χ1v) is 5.12. The van der Waals surface area contributed by atoms with Gasteiger partial charge in [-0.05, 0) is 29.5 Å². The first-order chi connectivity index (χ1) is 6.27. The molecule has 0 saturated heterocycles. The molecule has 0 radical (unpaired) electrons. The molecule has 13 heavy (non-hydrogen) atoms. The molecule has 0 spiro atoms. The molecule has 0 atom stereocenters. The van der Waals surface area contributed by atoms with Gasteiger partial charge in [-0.25, -0.2) is 9.97 Å². The minimum absolute atomic E-state index is 0.474. The van der Waals surface area contributed by atoms with E-state index >= 15 is 0 Å². The van der Waals surface area contributed by atoms with Crippen molar-refractivity contribution in [1.29, 1.82) is 0 Å². The van der Waals surface area contributed by atoms with Crippen molar-refractivity contribution >= 4 is 28.4 Å². The van der Waals surface area contributed by atoms with Crippen molar-refractivity contribution < 1.29 is 4.74 Å². The second-order valence-corrected chi connectivity index (χ2v) is 3.53. The van der Waals surface area contributed by atoms with E-state index in [0.717, 1.165) is 9.39 Å². The number of anilines is 1. The first-order valence-electron chi connectivity index (χ1n) is 4.04. The molecule has 1 N–H and O–H groups in total. The standard InChI is InChI=1S/C8H12IN3O/c1-3-13-5-7-11-4-6(9)8(10-2)12-7/h4H,3,5H2,1-2H3,(H,10,11,12). The van der Waals surface area contributed by atoms with Gasteiger partial charge in [-0.15, -0.1) is 0 Å². The molecule has 1 aromatic rings. The van der Waals surface area contributed by atoms with Gasteiger partial charge in [-0.2, -0.15) is 0 Å². The van der Waals surface area contributed by atoms with Crippen molar-refractivity contribution in [2.45, 2.75) is 13.5 Å². The van der Waals surface area contributed by atoms with Crippen molar-refractivity contribution in [2.24, 2.45) is 0 Å². The van der Waals surface area contributed by atoms with E-state index in [1.54, 1.807) is 6.20 Å². The monoisotopic (exact) mass is 293 g/mol. The summed E-state index contributed by atoms with van der Waals surface area (Å²) < 4.78 is 6.22. The van der Waals surface area contributed by atoms with Crippen LogP contribution in [0.2, 0.25) is 0 Å². The Morgan fingerprint density at radius 2 is 2.38 bits per heavy atom. The van der Waals surface area contributed by atoms with Gasteiger partial charge in [0.1, 0.15) is 12.4 Å². The predicted octanol–water partition coefficient (Wildman–Crippen LogP) is 1.66. The Balaban J connectivity index is 2.74. The summed E-state index contributed by atoms with van der Waals surface area (Å²) in [5, 5.41) is 3.00. The largest absolute Gasteiger partial charge is 0.374 e. The van der Waals surface area contributed by atoms with E-state index in [0.29, 0.717) is 19.0 Å². The molecule has 72 valence electrons. The zero-order chi connectivity index (χ0) is 9.68. The SMILES string of the molecule is CCOCc1ncc(I)c(NC)n1. The number of nitrogens with one attached hydrogen (secondary N) is 1. The molecular formula is C8H12IN3O. The highest BCUT2D eigenvalue weighted by atomic mass is 127. The van der Waals surface area contributed by atoms with E-state index in [1.165, 1.54) is 0 Å². The maximum Gasteiger partial charge on any atom is 0.156 e. The Morgan fingerprint density at radius 1 is 1.62 bits per heavy atom. The van der Waals surface area contributed by atoms with Crippen LogP contribution >= 0.6 is 22.6 Å². The van der Waals surface area contributed by atoms with E-state index in [-0.39, 0.29) is 0 Å². The summed E-state index contributed by atoms with van der Waals surface area (Å²) in [6, 6.07) is 0. The lowest BCUT2D eigenvalue weighted by Crippen LogP contribution is -2.03. The number of halogens is 1. The number of rotatable bonds is 4. The maximum absolute atomic E-state index is 5.20. The fraction of sp³-hybridized carbons (Fsp3) is 0.500. The first kappa shape index (κ1) is 10.6. The van der Waals surface area contributed by atoms with Gasteiger partial charge in [0.05, 0.1) is 3.57 Å². The fourth-order valence-corrected chi connectivity index (χ4v) is 1.37. The molecule has 0 bridgehead atoms. The highest BCUT2D eigenvalue weighted by Crippen LogP contribution is 2.13. The van der Waals surface area contributed by atoms with Crippen LogP contribution in [-0.4, -0.2) is 23.6 Å². The van der Waals surface area contributed by atoms with Crippen LogP contribution in [0.4, 0.5) is 5.82 Å². The molecule has 1 heterocycles. The van der Waals surface area contributed by atoms with Crippen molar-refractivity contribution in [2.75, 3.05) is 19.0 Å². The number of nitrogens with zero attached hydrogens (tertiary/aromatic N) is 2. The molecule has 0 aliphatic carbocycles. The van der Waals surface area contributed by atoms with Crippen LogP contribution in [0.5, 0.6) is 0 Å².